The first kappa shape index (κ1) is 22.8. The van der Waals surface area contributed by atoms with Crippen LogP contribution in [-0.4, -0.2) is 55.7 Å². The minimum Gasteiger partial charge on any atom is -0.366 e. The third-order valence-corrected chi connectivity index (χ3v) is 6.34. The molecule has 1 aliphatic rings. The van der Waals surface area contributed by atoms with Crippen LogP contribution in [0.5, 0.6) is 0 Å². The molecule has 1 fully saturated rings. The van der Waals surface area contributed by atoms with E-state index in [1.165, 1.54) is 15.0 Å². The minimum absolute atomic E-state index is 0.158. The monoisotopic (exact) mass is 478 g/mol. The average Bonchev–Trinajstić information content (AvgIpc) is 3.18. The van der Waals surface area contributed by atoms with Crippen LogP contribution in [0.3, 0.4) is 0 Å². The summed E-state index contributed by atoms with van der Waals surface area (Å²) < 4.78 is 18.2. The number of para-hydroxylation sites is 2. The Morgan fingerprint density at radius 1 is 1.00 bits per heavy atom. The number of halogens is 1. The van der Waals surface area contributed by atoms with Gasteiger partial charge in [0.25, 0.3) is 5.56 Å². The van der Waals surface area contributed by atoms with Crippen molar-refractivity contribution in [3.63, 3.8) is 0 Å². The van der Waals surface area contributed by atoms with E-state index in [4.69, 9.17) is 0 Å². The number of rotatable bonds is 5. The van der Waals surface area contributed by atoms with Crippen LogP contribution in [0.15, 0.2) is 58.1 Å². The molecule has 3 heterocycles. The molecule has 35 heavy (non-hydrogen) atoms. The molecule has 10 heteroatoms. The van der Waals surface area contributed by atoms with Crippen LogP contribution in [0.25, 0.3) is 16.7 Å². The van der Waals surface area contributed by atoms with Crippen molar-refractivity contribution in [2.75, 3.05) is 31.1 Å². The molecule has 182 valence electrons. The second-order valence-corrected chi connectivity index (χ2v) is 9.22. The highest BCUT2D eigenvalue weighted by Crippen LogP contribution is 2.20. The highest BCUT2D eigenvalue weighted by atomic mass is 19.1. The highest BCUT2D eigenvalue weighted by molar-refractivity contribution is 5.80. The standard InChI is InChI=1S/C25H27FN6O3/c1-17(2)15-30-23(34)18-7-3-5-9-20(18)32-24(30)27-31(25(32)35)16-22(33)29-13-11-28(12-14-29)21-10-6-4-8-19(21)26/h3-10,17H,11-16H2,1-2H3. The number of aromatic nitrogens is 4. The first-order valence-electron chi connectivity index (χ1n) is 11.7. The van der Waals surface area contributed by atoms with E-state index >= 15 is 0 Å². The van der Waals surface area contributed by atoms with E-state index in [9.17, 15) is 18.8 Å². The molecule has 2 aromatic heterocycles. The van der Waals surface area contributed by atoms with Crippen molar-refractivity contribution in [2.45, 2.75) is 26.9 Å². The quantitative estimate of drug-likeness (QED) is 0.438. The number of amides is 1. The van der Waals surface area contributed by atoms with Crippen LogP contribution in [-0.2, 0) is 17.9 Å². The molecule has 0 atom stereocenters. The zero-order valence-electron chi connectivity index (χ0n) is 19.7. The Morgan fingerprint density at radius 2 is 1.69 bits per heavy atom. The molecule has 9 nitrogen and oxygen atoms in total. The van der Waals surface area contributed by atoms with Gasteiger partial charge in [-0.2, -0.15) is 0 Å². The summed E-state index contributed by atoms with van der Waals surface area (Å²) in [6.07, 6.45) is 0. The fourth-order valence-electron chi connectivity index (χ4n) is 4.63. The van der Waals surface area contributed by atoms with Gasteiger partial charge < -0.3 is 9.80 Å². The summed E-state index contributed by atoms with van der Waals surface area (Å²) in [7, 11) is 0. The maximum Gasteiger partial charge on any atom is 0.352 e. The summed E-state index contributed by atoms with van der Waals surface area (Å²) in [5.74, 6) is -0.149. The molecular formula is C25H27FN6O3. The van der Waals surface area contributed by atoms with Crippen molar-refractivity contribution in [3.8, 4) is 0 Å². The number of benzene rings is 2. The molecule has 0 bridgehead atoms. The van der Waals surface area contributed by atoms with Gasteiger partial charge in [0.1, 0.15) is 12.4 Å². The van der Waals surface area contributed by atoms with Crippen molar-refractivity contribution in [1.29, 1.82) is 0 Å². The molecule has 1 aliphatic heterocycles. The molecule has 0 spiro atoms. The van der Waals surface area contributed by atoms with Gasteiger partial charge in [0, 0.05) is 32.7 Å². The van der Waals surface area contributed by atoms with Crippen LogP contribution >= 0.6 is 0 Å². The van der Waals surface area contributed by atoms with E-state index in [0.717, 1.165) is 4.68 Å². The van der Waals surface area contributed by atoms with Gasteiger partial charge in [-0.05, 0) is 30.2 Å². The number of anilines is 1. The Hall–Kier alpha value is -3.95. The normalized spacial score (nSPS) is 14.4. The molecule has 1 saturated heterocycles. The lowest BCUT2D eigenvalue weighted by Crippen LogP contribution is -2.50. The van der Waals surface area contributed by atoms with Gasteiger partial charge in [0.15, 0.2) is 0 Å². The molecule has 0 saturated carbocycles. The number of hydrogen-bond donors (Lipinski definition) is 0. The van der Waals surface area contributed by atoms with Crippen molar-refractivity contribution in [1.82, 2.24) is 23.6 Å². The van der Waals surface area contributed by atoms with Crippen molar-refractivity contribution in [3.05, 3.63) is 75.2 Å². The summed E-state index contributed by atoms with van der Waals surface area (Å²) >= 11 is 0. The molecule has 0 N–H and O–H groups in total. The van der Waals surface area contributed by atoms with Crippen LogP contribution < -0.4 is 16.1 Å². The summed E-state index contributed by atoms with van der Waals surface area (Å²) in [5, 5.41) is 4.84. The maximum atomic E-state index is 14.1. The number of carbonyl (C=O) groups is 1. The third kappa shape index (κ3) is 4.09. The zero-order chi connectivity index (χ0) is 24.7. The Morgan fingerprint density at radius 3 is 2.40 bits per heavy atom. The van der Waals surface area contributed by atoms with Crippen molar-refractivity contribution in [2.24, 2.45) is 5.92 Å². The average molecular weight is 479 g/mol. The van der Waals surface area contributed by atoms with Gasteiger partial charge in [-0.15, -0.1) is 5.10 Å². The summed E-state index contributed by atoms with van der Waals surface area (Å²) in [4.78, 5) is 43.1. The number of fused-ring (bicyclic) bond motifs is 3. The van der Waals surface area contributed by atoms with Gasteiger partial charge in [0.05, 0.1) is 16.6 Å². The van der Waals surface area contributed by atoms with E-state index in [-0.39, 0.29) is 35.5 Å². The lowest BCUT2D eigenvalue weighted by atomic mass is 10.2. The Kier molecular flexibility index (Phi) is 5.88. The number of hydrogen-bond acceptors (Lipinski definition) is 5. The Bertz CT molecular complexity index is 1530. The summed E-state index contributed by atoms with van der Waals surface area (Å²) in [5.41, 5.74) is 0.308. The molecule has 4 aromatic rings. The molecule has 0 radical (unpaired) electrons. The van der Waals surface area contributed by atoms with E-state index in [1.54, 1.807) is 47.4 Å². The van der Waals surface area contributed by atoms with E-state index in [2.05, 4.69) is 5.10 Å². The Labute approximate surface area is 200 Å². The predicted octanol–water partition coefficient (Wildman–Crippen LogP) is 1.95. The topological polar surface area (TPSA) is 84.8 Å². The smallest absolute Gasteiger partial charge is 0.352 e. The lowest BCUT2D eigenvalue weighted by molar-refractivity contribution is -0.132. The molecule has 0 unspecified atom stereocenters. The number of carbonyl (C=O) groups excluding carboxylic acids is 1. The summed E-state index contributed by atoms with van der Waals surface area (Å²) in [6, 6.07) is 13.5. The van der Waals surface area contributed by atoms with Crippen molar-refractivity contribution >= 4 is 28.3 Å². The van der Waals surface area contributed by atoms with E-state index < -0.39 is 5.69 Å². The molecule has 0 aliphatic carbocycles. The number of piperazine rings is 1. The first-order valence-corrected chi connectivity index (χ1v) is 11.7. The van der Waals surface area contributed by atoms with Gasteiger partial charge >= 0.3 is 5.69 Å². The fourth-order valence-corrected chi connectivity index (χ4v) is 4.63. The Balaban J connectivity index is 1.43. The molecule has 2 aromatic carbocycles. The van der Waals surface area contributed by atoms with E-state index in [0.29, 0.717) is 49.3 Å². The van der Waals surface area contributed by atoms with Gasteiger partial charge in [-0.3, -0.25) is 14.2 Å². The fraction of sp³-hybridized carbons (Fsp3) is 0.360. The maximum absolute atomic E-state index is 14.1. The lowest BCUT2D eigenvalue weighted by Gasteiger charge is -2.36. The van der Waals surface area contributed by atoms with Gasteiger partial charge in [0.2, 0.25) is 11.7 Å². The molecule has 5 rings (SSSR count). The minimum atomic E-state index is -0.466. The van der Waals surface area contributed by atoms with Crippen LogP contribution in [0, 0.1) is 11.7 Å². The highest BCUT2D eigenvalue weighted by Gasteiger charge is 2.25. The van der Waals surface area contributed by atoms with E-state index in [1.807, 2.05) is 18.7 Å². The third-order valence-electron chi connectivity index (χ3n) is 6.34. The zero-order valence-corrected chi connectivity index (χ0v) is 19.7. The SMILES string of the molecule is CC(C)Cn1c(=O)c2ccccc2n2c(=O)n(CC(=O)N3CCN(c4ccccc4F)CC3)nc12. The second-order valence-electron chi connectivity index (χ2n) is 9.22. The van der Waals surface area contributed by atoms with Crippen LogP contribution in [0.1, 0.15) is 13.8 Å². The van der Waals surface area contributed by atoms with Crippen LogP contribution in [0.2, 0.25) is 0 Å². The van der Waals surface area contributed by atoms with Crippen molar-refractivity contribution < 1.29 is 9.18 Å². The molecule has 1 amide bonds. The van der Waals surface area contributed by atoms with Crippen LogP contribution in [0.4, 0.5) is 10.1 Å². The van der Waals surface area contributed by atoms with Gasteiger partial charge in [-0.25, -0.2) is 18.3 Å². The summed E-state index contributed by atoms with van der Waals surface area (Å²) in [6.45, 7) is 5.94. The molecular weight excluding hydrogens is 451 g/mol. The largest absolute Gasteiger partial charge is 0.366 e. The number of nitrogens with zero attached hydrogens (tertiary/aromatic N) is 6. The predicted molar refractivity (Wildman–Crippen MR) is 131 cm³/mol. The first-order chi connectivity index (χ1) is 16.8. The van der Waals surface area contributed by atoms with Gasteiger partial charge in [-0.1, -0.05) is 38.1 Å². The second kappa shape index (κ2) is 9.01.